The lowest BCUT2D eigenvalue weighted by Crippen LogP contribution is -2.51. The molecule has 178 valence electrons. The summed E-state index contributed by atoms with van der Waals surface area (Å²) in [6.45, 7) is 2.71. The summed E-state index contributed by atoms with van der Waals surface area (Å²) < 4.78 is 7.80. The molecule has 0 saturated carbocycles. The van der Waals surface area contributed by atoms with Gasteiger partial charge in [0.25, 0.3) is 5.91 Å². The molecule has 2 amide bonds. The van der Waals surface area contributed by atoms with Crippen molar-refractivity contribution in [1.82, 2.24) is 10.2 Å². The van der Waals surface area contributed by atoms with Gasteiger partial charge in [0.1, 0.15) is 11.8 Å². The lowest BCUT2D eigenvalue weighted by molar-refractivity contribution is -0.142. The molecule has 3 aromatic rings. The first kappa shape index (κ1) is 26.2. The van der Waals surface area contributed by atoms with Crippen molar-refractivity contribution in [3.63, 3.8) is 0 Å². The second-order valence-electron chi connectivity index (χ2n) is 7.89. The monoisotopic (exact) mass is 634 g/mol. The Morgan fingerprint density at radius 1 is 1.00 bits per heavy atom. The van der Waals surface area contributed by atoms with E-state index in [0.29, 0.717) is 25.3 Å². The first-order valence-electron chi connectivity index (χ1n) is 11.2. The van der Waals surface area contributed by atoms with E-state index in [9.17, 15) is 9.59 Å². The number of carbonyl (C=O) groups is 2. The highest BCUT2D eigenvalue weighted by Gasteiger charge is 2.30. The SMILES string of the molecule is CCCNC(=O)[C@H](Cc1ccccc1)N(Cc1cccc(Br)c1)C(=O)COc1ccc(I)cc1. The van der Waals surface area contributed by atoms with Crippen molar-refractivity contribution in [3.8, 4) is 5.75 Å². The molecule has 0 aromatic heterocycles. The van der Waals surface area contributed by atoms with E-state index >= 15 is 0 Å². The Balaban J connectivity index is 1.88. The van der Waals surface area contributed by atoms with Crippen LogP contribution in [-0.2, 0) is 22.6 Å². The minimum absolute atomic E-state index is 0.152. The molecule has 0 heterocycles. The predicted octanol–water partition coefficient (Wildman–Crippen LogP) is 5.60. The van der Waals surface area contributed by atoms with Gasteiger partial charge in [0, 0.05) is 27.6 Å². The summed E-state index contributed by atoms with van der Waals surface area (Å²) in [7, 11) is 0. The average molecular weight is 635 g/mol. The first-order valence-corrected chi connectivity index (χ1v) is 13.1. The highest BCUT2D eigenvalue weighted by molar-refractivity contribution is 14.1. The summed E-state index contributed by atoms with van der Waals surface area (Å²) in [5, 5.41) is 2.98. The minimum Gasteiger partial charge on any atom is -0.484 e. The fraction of sp³-hybridized carbons (Fsp3) is 0.259. The molecule has 1 N–H and O–H groups in total. The number of hydrogen-bond acceptors (Lipinski definition) is 3. The second kappa shape index (κ2) is 13.5. The third-order valence-electron chi connectivity index (χ3n) is 5.24. The number of nitrogens with zero attached hydrogens (tertiary/aromatic N) is 1. The normalized spacial score (nSPS) is 11.5. The molecule has 0 saturated heterocycles. The number of hydrogen-bond donors (Lipinski definition) is 1. The van der Waals surface area contributed by atoms with E-state index in [2.05, 4.69) is 43.8 Å². The Hall–Kier alpha value is -2.39. The maximum absolute atomic E-state index is 13.5. The van der Waals surface area contributed by atoms with Gasteiger partial charge in [-0.1, -0.05) is 65.3 Å². The van der Waals surface area contributed by atoms with Crippen LogP contribution < -0.4 is 10.1 Å². The summed E-state index contributed by atoms with van der Waals surface area (Å²) >= 11 is 5.72. The lowest BCUT2D eigenvalue weighted by atomic mass is 10.0. The second-order valence-corrected chi connectivity index (χ2v) is 10.1. The number of carbonyl (C=O) groups excluding carboxylic acids is 2. The van der Waals surface area contributed by atoms with E-state index in [1.54, 1.807) is 4.90 Å². The van der Waals surface area contributed by atoms with E-state index in [1.165, 1.54) is 0 Å². The zero-order chi connectivity index (χ0) is 24.3. The molecule has 3 aromatic carbocycles. The molecular formula is C27H28BrIN2O3. The molecule has 0 aliphatic heterocycles. The molecule has 34 heavy (non-hydrogen) atoms. The van der Waals surface area contributed by atoms with E-state index in [4.69, 9.17) is 4.74 Å². The molecule has 0 aliphatic rings. The number of nitrogens with one attached hydrogen (secondary N) is 1. The summed E-state index contributed by atoms with van der Waals surface area (Å²) in [4.78, 5) is 28.4. The number of amides is 2. The molecule has 0 spiro atoms. The van der Waals surface area contributed by atoms with Gasteiger partial charge in [-0.2, -0.15) is 0 Å². The van der Waals surface area contributed by atoms with Crippen LogP contribution in [0.25, 0.3) is 0 Å². The molecule has 7 heteroatoms. The first-order chi connectivity index (χ1) is 16.5. The van der Waals surface area contributed by atoms with Crippen LogP contribution in [-0.4, -0.2) is 35.9 Å². The topological polar surface area (TPSA) is 58.6 Å². The van der Waals surface area contributed by atoms with Crippen LogP contribution in [0.2, 0.25) is 0 Å². The van der Waals surface area contributed by atoms with Gasteiger partial charge in [-0.15, -0.1) is 0 Å². The van der Waals surface area contributed by atoms with Crippen LogP contribution in [0.3, 0.4) is 0 Å². The van der Waals surface area contributed by atoms with Crippen molar-refractivity contribution < 1.29 is 14.3 Å². The highest BCUT2D eigenvalue weighted by atomic mass is 127. The lowest BCUT2D eigenvalue weighted by Gasteiger charge is -2.31. The van der Waals surface area contributed by atoms with E-state index in [1.807, 2.05) is 85.8 Å². The largest absolute Gasteiger partial charge is 0.484 e. The Morgan fingerprint density at radius 2 is 1.71 bits per heavy atom. The van der Waals surface area contributed by atoms with Crippen LogP contribution >= 0.6 is 38.5 Å². The van der Waals surface area contributed by atoms with Gasteiger partial charge in [0.2, 0.25) is 5.91 Å². The fourth-order valence-electron chi connectivity index (χ4n) is 3.51. The standard InChI is InChI=1S/C27H28BrIN2O3/c1-2-15-30-27(33)25(17-20-7-4-3-5-8-20)31(18-21-9-6-10-22(28)16-21)26(32)19-34-24-13-11-23(29)12-14-24/h3-14,16,25H,2,15,17-19H2,1H3,(H,30,33)/t25-/m0/s1. The Kier molecular flexibility index (Phi) is 10.4. The summed E-state index contributed by atoms with van der Waals surface area (Å²) in [5.41, 5.74) is 1.92. The summed E-state index contributed by atoms with van der Waals surface area (Å²) in [6.07, 6.45) is 1.24. The molecule has 0 aliphatic carbocycles. The number of benzene rings is 3. The zero-order valence-corrected chi connectivity index (χ0v) is 22.8. The van der Waals surface area contributed by atoms with Gasteiger partial charge >= 0.3 is 0 Å². The van der Waals surface area contributed by atoms with Gasteiger partial charge in [-0.3, -0.25) is 9.59 Å². The fourth-order valence-corrected chi connectivity index (χ4v) is 4.32. The molecule has 3 rings (SSSR count). The van der Waals surface area contributed by atoms with Crippen LogP contribution in [0.5, 0.6) is 5.75 Å². The van der Waals surface area contributed by atoms with Crippen LogP contribution in [0.4, 0.5) is 0 Å². The number of ether oxygens (including phenoxy) is 1. The van der Waals surface area contributed by atoms with Crippen molar-refractivity contribution >= 4 is 50.3 Å². The molecule has 0 unspecified atom stereocenters. The van der Waals surface area contributed by atoms with Gasteiger partial charge in [-0.25, -0.2) is 0 Å². The number of halogens is 2. The zero-order valence-electron chi connectivity index (χ0n) is 19.0. The molecule has 0 fully saturated rings. The third-order valence-corrected chi connectivity index (χ3v) is 6.45. The van der Waals surface area contributed by atoms with Crippen molar-refractivity contribution in [2.45, 2.75) is 32.4 Å². The van der Waals surface area contributed by atoms with Crippen molar-refractivity contribution in [3.05, 3.63) is 98.0 Å². The predicted molar refractivity (Wildman–Crippen MR) is 147 cm³/mol. The van der Waals surface area contributed by atoms with Crippen LogP contribution in [0, 0.1) is 3.57 Å². The molecular weight excluding hydrogens is 607 g/mol. The van der Waals surface area contributed by atoms with Gasteiger partial charge in [0.15, 0.2) is 6.61 Å². The van der Waals surface area contributed by atoms with E-state index < -0.39 is 6.04 Å². The maximum atomic E-state index is 13.5. The van der Waals surface area contributed by atoms with Gasteiger partial charge < -0.3 is 15.0 Å². The van der Waals surface area contributed by atoms with Crippen molar-refractivity contribution in [2.75, 3.05) is 13.2 Å². The Bertz CT molecular complexity index is 1080. The third kappa shape index (κ3) is 8.13. The van der Waals surface area contributed by atoms with Gasteiger partial charge in [0.05, 0.1) is 0 Å². The van der Waals surface area contributed by atoms with E-state index in [-0.39, 0.29) is 18.4 Å². The molecule has 5 nitrogen and oxygen atoms in total. The van der Waals surface area contributed by atoms with Crippen LogP contribution in [0.15, 0.2) is 83.3 Å². The van der Waals surface area contributed by atoms with Gasteiger partial charge in [-0.05, 0) is 76.5 Å². The summed E-state index contributed by atoms with van der Waals surface area (Å²) in [5.74, 6) is 0.209. The summed E-state index contributed by atoms with van der Waals surface area (Å²) in [6, 6.07) is 24.4. The molecule has 1 atom stereocenters. The van der Waals surface area contributed by atoms with Crippen molar-refractivity contribution in [1.29, 1.82) is 0 Å². The highest BCUT2D eigenvalue weighted by Crippen LogP contribution is 2.19. The molecule has 0 bridgehead atoms. The quantitative estimate of drug-likeness (QED) is 0.280. The maximum Gasteiger partial charge on any atom is 0.261 e. The number of rotatable bonds is 11. The van der Waals surface area contributed by atoms with Crippen LogP contribution in [0.1, 0.15) is 24.5 Å². The smallest absolute Gasteiger partial charge is 0.261 e. The van der Waals surface area contributed by atoms with E-state index in [0.717, 1.165) is 25.6 Å². The van der Waals surface area contributed by atoms with Crippen molar-refractivity contribution in [2.24, 2.45) is 0 Å². The Morgan fingerprint density at radius 3 is 2.38 bits per heavy atom. The Labute approximate surface area is 223 Å². The average Bonchev–Trinajstić information content (AvgIpc) is 2.85. The minimum atomic E-state index is -0.666. The molecule has 0 radical (unpaired) electrons.